The first kappa shape index (κ1) is 10.4. The third-order valence-electron chi connectivity index (χ3n) is 1.72. The number of hydrogen-bond acceptors (Lipinski definition) is 1. The van der Waals surface area contributed by atoms with Crippen LogP contribution in [-0.2, 0) is 6.42 Å². The molecular weight excluding hydrogens is 286 g/mol. The molecule has 1 aromatic rings. The highest BCUT2D eigenvalue weighted by molar-refractivity contribution is 14.1. The zero-order valence-corrected chi connectivity index (χ0v) is 9.13. The van der Waals surface area contributed by atoms with E-state index in [0.717, 1.165) is 3.57 Å². The molecule has 70 valence electrons. The van der Waals surface area contributed by atoms with Crippen molar-refractivity contribution in [1.29, 1.82) is 0 Å². The van der Waals surface area contributed by atoms with Crippen LogP contribution in [0, 0.1) is 9.39 Å². The van der Waals surface area contributed by atoms with Crippen LogP contribution in [0.15, 0.2) is 12.1 Å². The molecule has 4 heteroatoms. The minimum Gasteiger partial charge on any atom is -0.478 e. The predicted molar refractivity (Wildman–Crippen MR) is 55.5 cm³/mol. The van der Waals surface area contributed by atoms with E-state index >= 15 is 0 Å². The van der Waals surface area contributed by atoms with Gasteiger partial charge in [0.25, 0.3) is 0 Å². The number of carbonyl (C=O) groups is 1. The van der Waals surface area contributed by atoms with Gasteiger partial charge in [-0.2, -0.15) is 0 Å². The lowest BCUT2D eigenvalue weighted by Gasteiger charge is -2.04. The molecule has 0 atom stereocenters. The monoisotopic (exact) mass is 294 g/mol. The summed E-state index contributed by atoms with van der Waals surface area (Å²) < 4.78 is 14.1. The van der Waals surface area contributed by atoms with E-state index < -0.39 is 11.8 Å². The van der Waals surface area contributed by atoms with Gasteiger partial charge in [-0.25, -0.2) is 9.18 Å². The van der Waals surface area contributed by atoms with Crippen LogP contribution in [0.5, 0.6) is 0 Å². The van der Waals surface area contributed by atoms with Crippen molar-refractivity contribution in [2.24, 2.45) is 0 Å². The van der Waals surface area contributed by atoms with Crippen LogP contribution in [0.4, 0.5) is 4.39 Å². The Bertz CT molecular complexity index is 350. The summed E-state index contributed by atoms with van der Waals surface area (Å²) in [6.45, 7) is 1.79. The van der Waals surface area contributed by atoms with Crippen molar-refractivity contribution in [1.82, 2.24) is 0 Å². The molecule has 1 rings (SSSR count). The Balaban J connectivity index is 3.35. The molecule has 0 heterocycles. The van der Waals surface area contributed by atoms with Gasteiger partial charge in [-0.3, -0.25) is 0 Å². The number of aryl methyl sites for hydroxylation is 1. The molecule has 0 spiro atoms. The maximum absolute atomic E-state index is 13.3. The van der Waals surface area contributed by atoms with Gasteiger partial charge in [0.15, 0.2) is 0 Å². The number of aromatic carboxylic acids is 1. The van der Waals surface area contributed by atoms with Gasteiger partial charge < -0.3 is 5.11 Å². The highest BCUT2D eigenvalue weighted by Crippen LogP contribution is 2.18. The zero-order valence-electron chi connectivity index (χ0n) is 6.97. The second-order valence-corrected chi connectivity index (χ2v) is 3.83. The average molecular weight is 294 g/mol. The van der Waals surface area contributed by atoms with Crippen LogP contribution in [0.3, 0.4) is 0 Å². The second-order valence-electron chi connectivity index (χ2n) is 2.59. The van der Waals surface area contributed by atoms with E-state index in [4.69, 9.17) is 5.11 Å². The molecular formula is C9H8FIO2. The molecule has 0 fully saturated rings. The van der Waals surface area contributed by atoms with Crippen molar-refractivity contribution < 1.29 is 14.3 Å². The maximum Gasteiger partial charge on any atom is 0.338 e. The van der Waals surface area contributed by atoms with Crippen LogP contribution < -0.4 is 0 Å². The minimum absolute atomic E-state index is 0.247. The summed E-state index contributed by atoms with van der Waals surface area (Å²) in [4.78, 5) is 10.6. The lowest BCUT2D eigenvalue weighted by atomic mass is 10.1. The Hall–Kier alpha value is -0.650. The topological polar surface area (TPSA) is 37.3 Å². The van der Waals surface area contributed by atoms with E-state index in [1.807, 2.05) is 22.6 Å². The SMILES string of the molecule is CCc1cc(I)cc(C(=O)O)c1F. The lowest BCUT2D eigenvalue weighted by Crippen LogP contribution is -2.04. The highest BCUT2D eigenvalue weighted by atomic mass is 127. The molecule has 0 aliphatic heterocycles. The summed E-state index contributed by atoms with van der Waals surface area (Å²) in [5, 5.41) is 8.67. The lowest BCUT2D eigenvalue weighted by molar-refractivity contribution is 0.0691. The van der Waals surface area contributed by atoms with Gasteiger partial charge in [-0.15, -0.1) is 0 Å². The Morgan fingerprint density at radius 3 is 2.69 bits per heavy atom. The summed E-state index contributed by atoms with van der Waals surface area (Å²) in [6.07, 6.45) is 0.503. The van der Waals surface area contributed by atoms with E-state index in [1.54, 1.807) is 13.0 Å². The molecule has 0 saturated carbocycles. The van der Waals surface area contributed by atoms with Crippen LogP contribution in [0.1, 0.15) is 22.8 Å². The fourth-order valence-electron chi connectivity index (χ4n) is 1.06. The molecule has 0 bridgehead atoms. The molecule has 0 aromatic heterocycles. The molecule has 2 nitrogen and oxygen atoms in total. The van der Waals surface area contributed by atoms with Gasteiger partial charge in [-0.05, 0) is 46.7 Å². The zero-order chi connectivity index (χ0) is 10.0. The number of hydrogen-bond donors (Lipinski definition) is 1. The van der Waals surface area contributed by atoms with Gasteiger partial charge in [0.05, 0.1) is 5.56 Å². The van der Waals surface area contributed by atoms with Crippen LogP contribution in [0.25, 0.3) is 0 Å². The maximum atomic E-state index is 13.3. The van der Waals surface area contributed by atoms with Crippen LogP contribution in [0.2, 0.25) is 0 Å². The van der Waals surface area contributed by atoms with Crippen molar-refractivity contribution in [3.8, 4) is 0 Å². The molecule has 0 saturated heterocycles. The number of rotatable bonds is 2. The molecule has 0 aliphatic rings. The van der Waals surface area contributed by atoms with E-state index in [2.05, 4.69) is 0 Å². The van der Waals surface area contributed by atoms with Gasteiger partial charge in [0, 0.05) is 3.57 Å². The molecule has 0 amide bonds. The Labute approximate surface area is 88.9 Å². The fraction of sp³-hybridized carbons (Fsp3) is 0.222. The number of halogens is 2. The first-order valence-electron chi connectivity index (χ1n) is 3.77. The summed E-state index contributed by atoms with van der Waals surface area (Å²) in [6, 6.07) is 2.99. The minimum atomic E-state index is -1.22. The summed E-state index contributed by atoms with van der Waals surface area (Å²) >= 11 is 1.97. The molecule has 13 heavy (non-hydrogen) atoms. The summed E-state index contributed by atoms with van der Waals surface area (Å²) in [5.74, 6) is -1.83. The first-order valence-corrected chi connectivity index (χ1v) is 4.85. The summed E-state index contributed by atoms with van der Waals surface area (Å²) in [5.41, 5.74) is 0.202. The molecule has 1 aromatic carbocycles. The first-order chi connectivity index (χ1) is 6.06. The molecule has 0 radical (unpaired) electrons. The van der Waals surface area contributed by atoms with Crippen molar-refractivity contribution >= 4 is 28.6 Å². The van der Waals surface area contributed by atoms with E-state index in [0.29, 0.717) is 12.0 Å². The van der Waals surface area contributed by atoms with Gasteiger partial charge in [0.1, 0.15) is 5.82 Å². The highest BCUT2D eigenvalue weighted by Gasteiger charge is 2.14. The third-order valence-corrected chi connectivity index (χ3v) is 2.35. The van der Waals surface area contributed by atoms with Crippen molar-refractivity contribution in [3.05, 3.63) is 32.6 Å². The second kappa shape index (κ2) is 4.04. The van der Waals surface area contributed by atoms with E-state index in [-0.39, 0.29) is 5.56 Å². The Morgan fingerprint density at radius 1 is 1.62 bits per heavy atom. The smallest absolute Gasteiger partial charge is 0.338 e. The quantitative estimate of drug-likeness (QED) is 0.852. The number of carboxylic acid groups (broad SMARTS) is 1. The molecule has 0 unspecified atom stereocenters. The van der Waals surface area contributed by atoms with Gasteiger partial charge in [0.2, 0.25) is 0 Å². The van der Waals surface area contributed by atoms with E-state index in [9.17, 15) is 9.18 Å². The summed E-state index contributed by atoms with van der Waals surface area (Å²) in [7, 11) is 0. The van der Waals surface area contributed by atoms with Crippen molar-refractivity contribution in [3.63, 3.8) is 0 Å². The Morgan fingerprint density at radius 2 is 2.23 bits per heavy atom. The number of carboxylic acids is 1. The Kier molecular flexibility index (Phi) is 3.24. The van der Waals surface area contributed by atoms with Crippen LogP contribution >= 0.6 is 22.6 Å². The normalized spacial score (nSPS) is 10.1. The van der Waals surface area contributed by atoms with Crippen molar-refractivity contribution in [2.45, 2.75) is 13.3 Å². The van der Waals surface area contributed by atoms with Crippen molar-refractivity contribution in [2.75, 3.05) is 0 Å². The average Bonchev–Trinajstić information content (AvgIpc) is 2.08. The molecule has 1 N–H and O–H groups in total. The predicted octanol–water partition coefficient (Wildman–Crippen LogP) is 2.69. The van der Waals surface area contributed by atoms with Gasteiger partial charge in [-0.1, -0.05) is 6.92 Å². The van der Waals surface area contributed by atoms with Crippen LogP contribution in [-0.4, -0.2) is 11.1 Å². The fourth-order valence-corrected chi connectivity index (χ4v) is 1.75. The van der Waals surface area contributed by atoms with E-state index in [1.165, 1.54) is 6.07 Å². The number of benzene rings is 1. The standard InChI is InChI=1S/C9H8FIO2/c1-2-5-3-6(11)4-7(8(5)10)9(12)13/h3-4H,2H2,1H3,(H,12,13). The largest absolute Gasteiger partial charge is 0.478 e. The van der Waals surface area contributed by atoms with Gasteiger partial charge >= 0.3 is 5.97 Å². The molecule has 0 aliphatic carbocycles. The third kappa shape index (κ3) is 2.18.